The summed E-state index contributed by atoms with van der Waals surface area (Å²) >= 11 is 0. The lowest BCUT2D eigenvalue weighted by atomic mass is 9.95. The number of hydrogen-bond donors (Lipinski definition) is 1. The second kappa shape index (κ2) is 8.36. The Balaban J connectivity index is 1.34. The van der Waals surface area contributed by atoms with Gasteiger partial charge >= 0.3 is 6.03 Å². The van der Waals surface area contributed by atoms with Gasteiger partial charge in [0.15, 0.2) is 0 Å². The molecular weight excluding hydrogens is 346 g/mol. The number of anilines is 1. The molecule has 1 atom stereocenters. The minimum atomic E-state index is 0.0439. The zero-order chi connectivity index (χ0) is 19.5. The number of likely N-dealkylation sites (tertiary alicyclic amines) is 1. The summed E-state index contributed by atoms with van der Waals surface area (Å²) in [6, 6.07) is 14.9. The smallest absolute Gasteiger partial charge is 0.321 e. The molecule has 0 aromatic heterocycles. The van der Waals surface area contributed by atoms with Gasteiger partial charge in [0.05, 0.1) is 0 Å². The number of piperidine rings is 1. The number of carbonyl (C=O) groups is 1. The molecule has 1 saturated heterocycles. The molecule has 2 aliphatic heterocycles. The molecule has 0 spiro atoms. The van der Waals surface area contributed by atoms with Gasteiger partial charge in [-0.15, -0.1) is 0 Å². The summed E-state index contributed by atoms with van der Waals surface area (Å²) in [6.45, 7) is 9.12. The standard InChI is InChI=1S/C24H31N3O/c1-18-7-5-11-23(19(18)2)25-24(28)27-13-6-8-20(16-27)15-26-14-12-21-9-3-4-10-22(21)17-26/h3-5,7,9-11,20H,6,8,12-17H2,1-2H3,(H,25,28). The summed E-state index contributed by atoms with van der Waals surface area (Å²) < 4.78 is 0. The highest BCUT2D eigenvalue weighted by atomic mass is 16.2. The summed E-state index contributed by atoms with van der Waals surface area (Å²) in [6.07, 6.45) is 3.44. The van der Waals surface area contributed by atoms with E-state index in [9.17, 15) is 4.79 Å². The Morgan fingerprint density at radius 2 is 1.89 bits per heavy atom. The zero-order valence-electron chi connectivity index (χ0n) is 17.1. The summed E-state index contributed by atoms with van der Waals surface area (Å²) in [5, 5.41) is 3.13. The van der Waals surface area contributed by atoms with Gasteiger partial charge in [0.25, 0.3) is 0 Å². The van der Waals surface area contributed by atoms with Crippen LogP contribution in [0.25, 0.3) is 0 Å². The molecule has 0 radical (unpaired) electrons. The van der Waals surface area contributed by atoms with E-state index in [0.29, 0.717) is 5.92 Å². The number of fused-ring (bicyclic) bond motifs is 1. The molecular formula is C24H31N3O. The fourth-order valence-electron chi connectivity index (χ4n) is 4.55. The lowest BCUT2D eigenvalue weighted by Gasteiger charge is -2.37. The van der Waals surface area contributed by atoms with Crippen LogP contribution in [0.4, 0.5) is 10.5 Å². The fraction of sp³-hybridized carbons (Fsp3) is 0.458. The zero-order valence-corrected chi connectivity index (χ0v) is 17.1. The molecule has 28 heavy (non-hydrogen) atoms. The summed E-state index contributed by atoms with van der Waals surface area (Å²) in [5.41, 5.74) is 6.25. The molecule has 2 aromatic rings. The number of amides is 2. The van der Waals surface area contributed by atoms with Crippen LogP contribution in [0.3, 0.4) is 0 Å². The average molecular weight is 378 g/mol. The van der Waals surface area contributed by atoms with Crippen molar-refractivity contribution in [3.05, 3.63) is 64.7 Å². The van der Waals surface area contributed by atoms with E-state index in [-0.39, 0.29) is 6.03 Å². The molecule has 0 saturated carbocycles. The van der Waals surface area contributed by atoms with Crippen LogP contribution in [-0.2, 0) is 13.0 Å². The maximum Gasteiger partial charge on any atom is 0.321 e. The van der Waals surface area contributed by atoms with E-state index in [4.69, 9.17) is 0 Å². The van der Waals surface area contributed by atoms with E-state index >= 15 is 0 Å². The van der Waals surface area contributed by atoms with Gasteiger partial charge in [-0.05, 0) is 67.3 Å². The van der Waals surface area contributed by atoms with Crippen molar-refractivity contribution >= 4 is 11.7 Å². The molecule has 148 valence electrons. The van der Waals surface area contributed by atoms with Gasteiger partial charge in [0, 0.05) is 38.4 Å². The topological polar surface area (TPSA) is 35.6 Å². The molecule has 4 nitrogen and oxygen atoms in total. The van der Waals surface area contributed by atoms with Gasteiger partial charge in [-0.2, -0.15) is 0 Å². The predicted octanol–water partition coefficient (Wildman–Crippen LogP) is 4.61. The van der Waals surface area contributed by atoms with Gasteiger partial charge < -0.3 is 10.2 Å². The van der Waals surface area contributed by atoms with E-state index in [0.717, 1.165) is 56.8 Å². The van der Waals surface area contributed by atoms with Crippen LogP contribution in [0.1, 0.15) is 35.1 Å². The third-order valence-electron chi connectivity index (χ3n) is 6.38. The van der Waals surface area contributed by atoms with Gasteiger partial charge in [0.1, 0.15) is 0 Å². The van der Waals surface area contributed by atoms with E-state index in [2.05, 4.69) is 54.4 Å². The summed E-state index contributed by atoms with van der Waals surface area (Å²) in [5.74, 6) is 0.559. The SMILES string of the molecule is Cc1cccc(NC(=O)N2CCCC(CN3CCc4ccccc4C3)C2)c1C. The lowest BCUT2D eigenvalue weighted by Crippen LogP contribution is -2.46. The van der Waals surface area contributed by atoms with Crippen LogP contribution < -0.4 is 5.32 Å². The minimum Gasteiger partial charge on any atom is -0.324 e. The quantitative estimate of drug-likeness (QED) is 0.848. The van der Waals surface area contributed by atoms with Gasteiger partial charge in [-0.3, -0.25) is 4.90 Å². The molecule has 2 aromatic carbocycles. The van der Waals surface area contributed by atoms with Gasteiger partial charge in [-0.25, -0.2) is 4.79 Å². The highest BCUT2D eigenvalue weighted by Gasteiger charge is 2.26. The van der Waals surface area contributed by atoms with Crippen LogP contribution in [0, 0.1) is 19.8 Å². The van der Waals surface area contributed by atoms with Gasteiger partial charge in [-0.1, -0.05) is 36.4 Å². The van der Waals surface area contributed by atoms with Crippen LogP contribution in [0.5, 0.6) is 0 Å². The van der Waals surface area contributed by atoms with Crippen LogP contribution in [-0.4, -0.2) is 42.0 Å². The highest BCUT2D eigenvalue weighted by molar-refractivity contribution is 5.90. The largest absolute Gasteiger partial charge is 0.324 e. The summed E-state index contributed by atoms with van der Waals surface area (Å²) in [7, 11) is 0. The Morgan fingerprint density at radius 1 is 1.07 bits per heavy atom. The van der Waals surface area contributed by atoms with E-state index in [1.165, 1.54) is 23.1 Å². The number of nitrogens with one attached hydrogen (secondary N) is 1. The van der Waals surface area contributed by atoms with Crippen molar-refractivity contribution in [2.45, 2.75) is 39.7 Å². The maximum absolute atomic E-state index is 12.8. The third kappa shape index (κ3) is 4.22. The predicted molar refractivity (Wildman–Crippen MR) is 115 cm³/mol. The van der Waals surface area contributed by atoms with E-state index in [1.54, 1.807) is 0 Å². The lowest BCUT2D eigenvalue weighted by molar-refractivity contribution is 0.140. The molecule has 2 amide bonds. The number of hydrogen-bond acceptors (Lipinski definition) is 2. The van der Waals surface area contributed by atoms with E-state index in [1.807, 2.05) is 17.0 Å². The molecule has 1 unspecified atom stereocenters. The van der Waals surface area contributed by atoms with E-state index < -0.39 is 0 Å². The average Bonchev–Trinajstić information content (AvgIpc) is 2.71. The monoisotopic (exact) mass is 377 g/mol. The normalized spacial score (nSPS) is 19.9. The van der Waals surface area contributed by atoms with Crippen molar-refractivity contribution in [2.24, 2.45) is 5.92 Å². The number of benzene rings is 2. The number of nitrogens with zero attached hydrogens (tertiary/aromatic N) is 2. The number of aryl methyl sites for hydroxylation is 1. The number of rotatable bonds is 3. The Morgan fingerprint density at radius 3 is 2.75 bits per heavy atom. The Kier molecular flexibility index (Phi) is 5.67. The first-order chi connectivity index (χ1) is 13.6. The van der Waals surface area contributed by atoms with Crippen LogP contribution in [0.2, 0.25) is 0 Å². The number of carbonyl (C=O) groups excluding carboxylic acids is 1. The van der Waals surface area contributed by atoms with Crippen molar-refractivity contribution in [1.29, 1.82) is 0 Å². The van der Waals surface area contributed by atoms with Crippen molar-refractivity contribution < 1.29 is 4.79 Å². The molecule has 4 rings (SSSR count). The first kappa shape index (κ1) is 19.0. The molecule has 0 bridgehead atoms. The van der Waals surface area contributed by atoms with Gasteiger partial charge in [0.2, 0.25) is 0 Å². The molecule has 2 aliphatic rings. The highest BCUT2D eigenvalue weighted by Crippen LogP contribution is 2.24. The Bertz CT molecular complexity index is 847. The van der Waals surface area contributed by atoms with Crippen molar-refractivity contribution in [3.63, 3.8) is 0 Å². The third-order valence-corrected chi connectivity index (χ3v) is 6.38. The van der Waals surface area contributed by atoms with Crippen molar-refractivity contribution in [2.75, 3.05) is 31.5 Å². The maximum atomic E-state index is 12.8. The molecule has 1 N–H and O–H groups in total. The molecule has 0 aliphatic carbocycles. The second-order valence-electron chi connectivity index (χ2n) is 8.39. The molecule has 1 fully saturated rings. The van der Waals surface area contributed by atoms with Crippen molar-refractivity contribution in [1.82, 2.24) is 9.80 Å². The van der Waals surface area contributed by atoms with Crippen LogP contribution in [0.15, 0.2) is 42.5 Å². The van der Waals surface area contributed by atoms with Crippen LogP contribution >= 0.6 is 0 Å². The van der Waals surface area contributed by atoms with Crippen molar-refractivity contribution in [3.8, 4) is 0 Å². The first-order valence-corrected chi connectivity index (χ1v) is 10.5. The fourth-order valence-corrected chi connectivity index (χ4v) is 4.55. The minimum absolute atomic E-state index is 0.0439. The molecule has 4 heteroatoms. The summed E-state index contributed by atoms with van der Waals surface area (Å²) in [4.78, 5) is 17.4. The Labute approximate surface area is 168 Å². The first-order valence-electron chi connectivity index (χ1n) is 10.5. The number of urea groups is 1. The molecule has 2 heterocycles. The second-order valence-corrected chi connectivity index (χ2v) is 8.39. The Hall–Kier alpha value is -2.33.